The Labute approximate surface area is 106 Å². The fourth-order valence-electron chi connectivity index (χ4n) is 1.03. The topological polar surface area (TPSA) is 48.3 Å². The quantitative estimate of drug-likeness (QED) is 0.617. The maximum Gasteiger partial charge on any atom is 0.417 e. The third-order valence-corrected chi connectivity index (χ3v) is 3.31. The Bertz CT molecular complexity index is 441. The Balaban J connectivity index is 3.02. The summed E-state index contributed by atoms with van der Waals surface area (Å²) in [7, 11) is 0. The molecule has 1 unspecified atom stereocenters. The molecule has 1 aromatic rings. The average Bonchev–Trinajstić information content (AvgIpc) is 2.23. The van der Waals surface area contributed by atoms with Crippen LogP contribution < -0.4 is 0 Å². The van der Waals surface area contributed by atoms with Gasteiger partial charge in [0, 0.05) is 18.0 Å². The Morgan fingerprint density at radius 2 is 1.94 bits per heavy atom. The molecule has 1 heterocycles. The summed E-state index contributed by atoms with van der Waals surface area (Å²) in [5, 5.41) is 0. The van der Waals surface area contributed by atoms with E-state index in [2.05, 4.69) is 9.38 Å². The zero-order valence-corrected chi connectivity index (χ0v) is 11.0. The summed E-state index contributed by atoms with van der Waals surface area (Å²) in [5.41, 5.74) is -1.03. The molecular formula is C11H13F3N2OS. The summed E-state index contributed by atoms with van der Waals surface area (Å²) in [5.74, 6) is 0. The Hall–Kier alpha value is -1.08. The monoisotopic (exact) mass is 278 g/mol. The van der Waals surface area contributed by atoms with Crippen LogP contribution >= 0.6 is 0 Å². The molecule has 0 amide bonds. The molecule has 7 heteroatoms. The van der Waals surface area contributed by atoms with Gasteiger partial charge >= 0.3 is 6.18 Å². The van der Waals surface area contributed by atoms with E-state index >= 15 is 0 Å². The number of hydrogen-bond acceptors (Lipinski definition) is 3. The molecule has 0 radical (unpaired) electrons. The van der Waals surface area contributed by atoms with Crippen LogP contribution in [0.3, 0.4) is 0 Å². The second-order valence-electron chi connectivity index (χ2n) is 4.56. The van der Waals surface area contributed by atoms with Gasteiger partial charge in [-0.25, -0.2) is 0 Å². The van der Waals surface area contributed by atoms with E-state index in [0.717, 1.165) is 24.7 Å². The van der Waals surface area contributed by atoms with Gasteiger partial charge in [-0.1, -0.05) is 4.40 Å². The highest BCUT2D eigenvalue weighted by atomic mass is 32.2. The number of halogens is 3. The summed E-state index contributed by atoms with van der Waals surface area (Å²) < 4.78 is 52.6. The van der Waals surface area contributed by atoms with Gasteiger partial charge in [0.05, 0.1) is 11.8 Å². The third kappa shape index (κ3) is 3.99. The minimum atomic E-state index is -4.48. The lowest BCUT2D eigenvalue weighted by Gasteiger charge is -2.18. The van der Waals surface area contributed by atoms with Crippen LogP contribution in [0.1, 0.15) is 31.9 Å². The molecule has 0 aliphatic rings. The van der Waals surface area contributed by atoms with Crippen LogP contribution in [0.15, 0.2) is 22.9 Å². The maximum atomic E-state index is 12.6. The van der Waals surface area contributed by atoms with Crippen molar-refractivity contribution >= 4 is 17.6 Å². The number of rotatable bonds is 2. The van der Waals surface area contributed by atoms with Crippen LogP contribution in [0.5, 0.6) is 0 Å². The molecule has 0 N–H and O–H groups in total. The fraction of sp³-hybridized carbons (Fsp3) is 0.455. The lowest BCUT2D eigenvalue weighted by Crippen LogP contribution is -2.26. The van der Waals surface area contributed by atoms with Gasteiger partial charge in [-0.3, -0.25) is 4.98 Å². The number of aromatic nitrogens is 1. The van der Waals surface area contributed by atoms with Crippen molar-refractivity contribution < 1.29 is 17.7 Å². The zero-order chi connectivity index (χ0) is 14.0. The van der Waals surface area contributed by atoms with E-state index in [0.29, 0.717) is 0 Å². The van der Waals surface area contributed by atoms with Crippen molar-refractivity contribution in [3.05, 3.63) is 29.6 Å². The highest BCUT2D eigenvalue weighted by Crippen LogP contribution is 2.30. The molecule has 0 bridgehead atoms. The van der Waals surface area contributed by atoms with Gasteiger partial charge < -0.3 is 4.55 Å². The van der Waals surface area contributed by atoms with E-state index in [4.69, 9.17) is 0 Å². The number of alkyl halides is 3. The van der Waals surface area contributed by atoms with Crippen molar-refractivity contribution in [1.82, 2.24) is 4.98 Å². The largest absolute Gasteiger partial charge is 0.591 e. The number of hydrogen-bond donors (Lipinski definition) is 0. The van der Waals surface area contributed by atoms with Gasteiger partial charge in [0.1, 0.15) is 16.1 Å². The molecule has 100 valence electrons. The average molecular weight is 278 g/mol. The minimum Gasteiger partial charge on any atom is -0.591 e. The summed E-state index contributed by atoms with van der Waals surface area (Å²) in [6, 6.07) is 0.862. The smallest absolute Gasteiger partial charge is 0.417 e. The van der Waals surface area contributed by atoms with Crippen LogP contribution in [-0.2, 0) is 17.5 Å². The molecule has 0 aromatic carbocycles. The van der Waals surface area contributed by atoms with Crippen molar-refractivity contribution in [1.29, 1.82) is 0 Å². The first-order valence-corrected chi connectivity index (χ1v) is 6.20. The van der Waals surface area contributed by atoms with Gasteiger partial charge in [0.15, 0.2) is 0 Å². The summed E-state index contributed by atoms with van der Waals surface area (Å²) in [4.78, 5) is 3.61. The molecule has 0 saturated carbocycles. The summed E-state index contributed by atoms with van der Waals surface area (Å²) in [6.45, 7) is 5.07. The highest BCUT2D eigenvalue weighted by Gasteiger charge is 2.33. The van der Waals surface area contributed by atoms with E-state index in [1.54, 1.807) is 20.8 Å². The molecule has 0 aliphatic carbocycles. The SMILES string of the molecule is CC(C)(C)[S+]([O-])/N=C/c1cnccc1C(F)(F)F. The van der Waals surface area contributed by atoms with Gasteiger partial charge in [-0.2, -0.15) is 13.2 Å². The summed E-state index contributed by atoms with van der Waals surface area (Å²) >= 11 is -1.60. The normalized spacial score (nSPS) is 15.1. The lowest BCUT2D eigenvalue weighted by atomic mass is 10.1. The van der Waals surface area contributed by atoms with Crippen LogP contribution in [0.2, 0.25) is 0 Å². The van der Waals surface area contributed by atoms with E-state index in [1.807, 2.05) is 0 Å². The van der Waals surface area contributed by atoms with Crippen LogP contribution in [-0.4, -0.2) is 20.5 Å². The van der Waals surface area contributed by atoms with Gasteiger partial charge in [0.2, 0.25) is 0 Å². The van der Waals surface area contributed by atoms with E-state index in [1.165, 1.54) is 0 Å². The molecule has 1 aromatic heterocycles. The molecule has 1 atom stereocenters. The Kier molecular flexibility index (Phi) is 4.39. The van der Waals surface area contributed by atoms with Crippen LogP contribution in [0.4, 0.5) is 13.2 Å². The Morgan fingerprint density at radius 1 is 1.33 bits per heavy atom. The van der Waals surface area contributed by atoms with Gasteiger partial charge in [-0.05, 0) is 26.8 Å². The maximum absolute atomic E-state index is 12.6. The number of nitrogens with zero attached hydrogens (tertiary/aromatic N) is 2. The standard InChI is InChI=1S/C11H13F3N2OS/c1-10(2,3)18(17)16-7-8-6-15-5-4-9(8)11(12,13)14/h4-7H,1-3H3/b16-7+. The first kappa shape index (κ1) is 15.0. The van der Waals surface area contributed by atoms with Gasteiger partial charge in [0.25, 0.3) is 0 Å². The molecule has 0 saturated heterocycles. The zero-order valence-electron chi connectivity index (χ0n) is 10.2. The predicted octanol–water partition coefficient (Wildman–Crippen LogP) is 2.98. The van der Waals surface area contributed by atoms with E-state index in [9.17, 15) is 17.7 Å². The summed E-state index contributed by atoms with van der Waals surface area (Å²) in [6.07, 6.45) is -1.42. The van der Waals surface area contributed by atoms with Crippen molar-refractivity contribution in [3.63, 3.8) is 0 Å². The number of pyridine rings is 1. The predicted molar refractivity (Wildman–Crippen MR) is 64.7 cm³/mol. The van der Waals surface area contributed by atoms with Crippen LogP contribution in [0, 0.1) is 0 Å². The second kappa shape index (κ2) is 5.27. The van der Waals surface area contributed by atoms with E-state index in [-0.39, 0.29) is 5.56 Å². The van der Waals surface area contributed by atoms with Crippen molar-refractivity contribution in [2.24, 2.45) is 4.40 Å². The molecule has 0 spiro atoms. The first-order valence-electron chi connectivity index (χ1n) is 5.09. The van der Waals surface area contributed by atoms with Crippen molar-refractivity contribution in [2.45, 2.75) is 31.7 Å². The molecule has 1 rings (SSSR count). The molecule has 3 nitrogen and oxygen atoms in total. The van der Waals surface area contributed by atoms with Crippen molar-refractivity contribution in [2.75, 3.05) is 0 Å². The molecular weight excluding hydrogens is 265 g/mol. The molecule has 18 heavy (non-hydrogen) atoms. The van der Waals surface area contributed by atoms with Crippen molar-refractivity contribution in [3.8, 4) is 0 Å². The Morgan fingerprint density at radius 3 is 2.44 bits per heavy atom. The van der Waals surface area contributed by atoms with Gasteiger partial charge in [-0.15, -0.1) is 0 Å². The fourth-order valence-corrected chi connectivity index (χ4v) is 1.56. The lowest BCUT2D eigenvalue weighted by molar-refractivity contribution is -0.137. The minimum absolute atomic E-state index is 0.192. The van der Waals surface area contributed by atoms with E-state index < -0.39 is 27.8 Å². The molecule has 0 aliphatic heterocycles. The second-order valence-corrected chi connectivity index (χ2v) is 6.49. The first-order chi connectivity index (χ1) is 8.12. The molecule has 0 fully saturated rings. The third-order valence-electron chi connectivity index (χ3n) is 1.97. The van der Waals surface area contributed by atoms with Crippen LogP contribution in [0.25, 0.3) is 0 Å². The highest BCUT2D eigenvalue weighted by molar-refractivity contribution is 7.91.